The molecule has 1 heterocycles. The second-order valence-electron chi connectivity index (χ2n) is 4.88. The van der Waals surface area contributed by atoms with Gasteiger partial charge in [-0.15, -0.1) is 0 Å². The van der Waals surface area contributed by atoms with Crippen molar-refractivity contribution in [2.24, 2.45) is 0 Å². The Hall–Kier alpha value is -0.810. The van der Waals surface area contributed by atoms with E-state index in [1.165, 1.54) is 0 Å². The van der Waals surface area contributed by atoms with Gasteiger partial charge in [-0.25, -0.2) is 4.79 Å². The summed E-state index contributed by atoms with van der Waals surface area (Å²) in [6.07, 6.45) is 0.0332. The fourth-order valence-corrected chi connectivity index (χ4v) is 1.29. The molecule has 88 valence electrons. The molecule has 0 aromatic carbocycles. The minimum Gasteiger partial charge on any atom is -0.444 e. The van der Waals surface area contributed by atoms with Crippen LogP contribution in [-0.2, 0) is 9.47 Å². The summed E-state index contributed by atoms with van der Waals surface area (Å²) < 4.78 is 10.1. The highest BCUT2D eigenvalue weighted by Crippen LogP contribution is 2.17. The summed E-state index contributed by atoms with van der Waals surface area (Å²) in [6.45, 7) is 6.34. The van der Waals surface area contributed by atoms with E-state index >= 15 is 0 Å². The first-order chi connectivity index (χ1) is 6.81. The molecule has 5 heteroatoms. The van der Waals surface area contributed by atoms with Gasteiger partial charge in [-0.2, -0.15) is 0 Å². The fourth-order valence-electron chi connectivity index (χ4n) is 1.29. The van der Waals surface area contributed by atoms with Crippen molar-refractivity contribution in [1.29, 1.82) is 0 Å². The zero-order valence-electron chi connectivity index (χ0n) is 9.50. The van der Waals surface area contributed by atoms with Crippen molar-refractivity contribution >= 4 is 6.09 Å². The van der Waals surface area contributed by atoms with E-state index in [4.69, 9.17) is 9.47 Å². The number of hydrogen-bond acceptors (Lipinski definition) is 4. The Balaban J connectivity index is 2.28. The van der Waals surface area contributed by atoms with Crippen LogP contribution in [0.3, 0.4) is 0 Å². The van der Waals surface area contributed by atoms with Gasteiger partial charge in [0.25, 0.3) is 0 Å². The van der Waals surface area contributed by atoms with Crippen molar-refractivity contribution in [3.05, 3.63) is 0 Å². The van der Waals surface area contributed by atoms with Crippen molar-refractivity contribution in [1.82, 2.24) is 5.32 Å². The number of hydrogen-bond donors (Lipinski definition) is 2. The van der Waals surface area contributed by atoms with Gasteiger partial charge in [-0.1, -0.05) is 0 Å². The Bertz CT molecular complexity index is 228. The summed E-state index contributed by atoms with van der Waals surface area (Å²) in [4.78, 5) is 11.3. The van der Waals surface area contributed by atoms with E-state index in [2.05, 4.69) is 5.32 Å². The van der Waals surface area contributed by atoms with Crippen molar-refractivity contribution in [2.75, 3.05) is 19.8 Å². The van der Waals surface area contributed by atoms with Crippen LogP contribution in [0.25, 0.3) is 0 Å². The molecule has 1 aliphatic rings. The quantitative estimate of drug-likeness (QED) is 0.713. The molecule has 1 fully saturated rings. The van der Waals surface area contributed by atoms with Crippen LogP contribution in [0.15, 0.2) is 0 Å². The normalized spacial score (nSPS) is 26.4. The number of carbonyl (C=O) groups is 1. The summed E-state index contributed by atoms with van der Waals surface area (Å²) in [5, 5.41) is 12.4. The number of rotatable bonds is 2. The lowest BCUT2D eigenvalue weighted by molar-refractivity contribution is 0.0166. The third-order valence-electron chi connectivity index (χ3n) is 2.04. The van der Waals surface area contributed by atoms with E-state index in [1.54, 1.807) is 20.8 Å². The first kappa shape index (κ1) is 12.3. The van der Waals surface area contributed by atoms with Gasteiger partial charge in [0.05, 0.1) is 13.2 Å². The number of amides is 1. The summed E-state index contributed by atoms with van der Waals surface area (Å²) in [6, 6.07) is 0. The third-order valence-corrected chi connectivity index (χ3v) is 2.04. The van der Waals surface area contributed by atoms with E-state index in [9.17, 15) is 9.90 Å². The molecule has 1 unspecified atom stereocenters. The molecule has 0 saturated carbocycles. The van der Waals surface area contributed by atoms with Crippen LogP contribution in [0.5, 0.6) is 0 Å². The molecule has 0 aliphatic carbocycles. The standard InChI is InChI=1S/C10H19NO4/c1-9(2,3)15-8(12)11-6-10(13)4-5-14-7-10/h13H,4-7H2,1-3H3,(H,11,12). The van der Waals surface area contributed by atoms with E-state index in [0.29, 0.717) is 13.0 Å². The Morgan fingerprint density at radius 2 is 2.27 bits per heavy atom. The molecule has 1 atom stereocenters. The minimum atomic E-state index is -0.934. The lowest BCUT2D eigenvalue weighted by Crippen LogP contribution is -2.44. The SMILES string of the molecule is CC(C)(C)OC(=O)NCC1(O)CCOC1. The van der Waals surface area contributed by atoms with E-state index in [-0.39, 0.29) is 13.2 Å². The molecule has 2 N–H and O–H groups in total. The van der Waals surface area contributed by atoms with Crippen molar-refractivity contribution < 1.29 is 19.4 Å². The summed E-state index contributed by atoms with van der Waals surface area (Å²) >= 11 is 0. The van der Waals surface area contributed by atoms with Crippen molar-refractivity contribution in [2.45, 2.75) is 38.4 Å². The van der Waals surface area contributed by atoms with Crippen LogP contribution in [0, 0.1) is 0 Å². The van der Waals surface area contributed by atoms with Crippen LogP contribution in [0.1, 0.15) is 27.2 Å². The number of alkyl carbamates (subject to hydrolysis) is 1. The molecular weight excluding hydrogens is 198 g/mol. The average Bonchev–Trinajstić information content (AvgIpc) is 2.47. The van der Waals surface area contributed by atoms with Gasteiger partial charge in [0, 0.05) is 13.0 Å². The summed E-state index contributed by atoms with van der Waals surface area (Å²) in [5.41, 5.74) is -1.45. The zero-order valence-corrected chi connectivity index (χ0v) is 9.50. The maximum absolute atomic E-state index is 11.3. The number of aliphatic hydroxyl groups is 1. The maximum atomic E-state index is 11.3. The van der Waals surface area contributed by atoms with Gasteiger partial charge in [-0.3, -0.25) is 0 Å². The number of carbonyl (C=O) groups excluding carboxylic acids is 1. The first-order valence-electron chi connectivity index (χ1n) is 5.08. The zero-order chi connectivity index (χ0) is 11.5. The molecule has 0 aromatic heterocycles. The Morgan fingerprint density at radius 3 is 2.73 bits per heavy atom. The smallest absolute Gasteiger partial charge is 0.407 e. The second-order valence-corrected chi connectivity index (χ2v) is 4.88. The minimum absolute atomic E-state index is 0.169. The molecule has 0 bridgehead atoms. The van der Waals surface area contributed by atoms with Gasteiger partial charge in [-0.05, 0) is 20.8 Å². The molecule has 1 rings (SSSR count). The highest BCUT2D eigenvalue weighted by atomic mass is 16.6. The topological polar surface area (TPSA) is 67.8 Å². The monoisotopic (exact) mass is 217 g/mol. The molecule has 1 saturated heterocycles. The van der Waals surface area contributed by atoms with Gasteiger partial charge >= 0.3 is 6.09 Å². The van der Waals surface area contributed by atoms with Gasteiger partial charge in [0.1, 0.15) is 11.2 Å². The fraction of sp³-hybridized carbons (Fsp3) is 0.900. The van der Waals surface area contributed by atoms with Crippen LogP contribution in [0.4, 0.5) is 4.79 Å². The summed E-state index contributed by atoms with van der Waals surface area (Å²) in [5.74, 6) is 0. The largest absolute Gasteiger partial charge is 0.444 e. The van der Waals surface area contributed by atoms with Crippen molar-refractivity contribution in [3.63, 3.8) is 0 Å². The Labute approximate surface area is 89.8 Å². The van der Waals surface area contributed by atoms with Crippen LogP contribution >= 0.6 is 0 Å². The molecule has 1 amide bonds. The molecule has 5 nitrogen and oxygen atoms in total. The number of ether oxygens (including phenoxy) is 2. The Kier molecular flexibility index (Phi) is 3.57. The van der Waals surface area contributed by atoms with E-state index in [0.717, 1.165) is 0 Å². The van der Waals surface area contributed by atoms with Crippen LogP contribution in [-0.4, -0.2) is 42.2 Å². The number of nitrogens with one attached hydrogen (secondary N) is 1. The van der Waals surface area contributed by atoms with Gasteiger partial charge in [0.15, 0.2) is 0 Å². The lowest BCUT2D eigenvalue weighted by Gasteiger charge is -2.23. The average molecular weight is 217 g/mol. The predicted molar refractivity (Wildman–Crippen MR) is 54.6 cm³/mol. The van der Waals surface area contributed by atoms with E-state index < -0.39 is 17.3 Å². The van der Waals surface area contributed by atoms with Gasteiger partial charge < -0.3 is 19.9 Å². The third kappa shape index (κ3) is 4.48. The van der Waals surface area contributed by atoms with Crippen LogP contribution in [0.2, 0.25) is 0 Å². The lowest BCUT2D eigenvalue weighted by atomic mass is 10.0. The highest BCUT2D eigenvalue weighted by molar-refractivity contribution is 5.67. The molecule has 0 radical (unpaired) electrons. The maximum Gasteiger partial charge on any atom is 0.407 e. The molecule has 0 spiro atoms. The van der Waals surface area contributed by atoms with Crippen molar-refractivity contribution in [3.8, 4) is 0 Å². The molecule has 15 heavy (non-hydrogen) atoms. The Morgan fingerprint density at radius 1 is 1.60 bits per heavy atom. The summed E-state index contributed by atoms with van der Waals surface area (Å²) in [7, 11) is 0. The molecule has 0 aromatic rings. The first-order valence-corrected chi connectivity index (χ1v) is 5.08. The second kappa shape index (κ2) is 4.37. The highest BCUT2D eigenvalue weighted by Gasteiger charge is 2.33. The van der Waals surface area contributed by atoms with E-state index in [1.807, 2.05) is 0 Å². The molecular formula is C10H19NO4. The van der Waals surface area contributed by atoms with Gasteiger partial charge in [0.2, 0.25) is 0 Å². The molecule has 1 aliphatic heterocycles. The predicted octanol–water partition coefficient (Wildman–Crippen LogP) is 0.663. The van der Waals surface area contributed by atoms with Crippen LogP contribution < -0.4 is 5.32 Å².